The molecular formula is C9H15N5O5. The second-order valence-corrected chi connectivity index (χ2v) is 4.28. The van der Waals surface area contributed by atoms with Gasteiger partial charge in [-0.05, 0) is 24.2 Å². The minimum atomic E-state index is -0.763. The fourth-order valence-corrected chi connectivity index (χ4v) is 1.18. The van der Waals surface area contributed by atoms with E-state index in [-0.39, 0.29) is 24.0 Å². The predicted octanol–water partition coefficient (Wildman–Crippen LogP) is -1.57. The van der Waals surface area contributed by atoms with Crippen molar-refractivity contribution in [2.24, 2.45) is 10.9 Å². The first kappa shape index (κ1) is 14.7. The van der Waals surface area contributed by atoms with E-state index in [4.69, 9.17) is 20.8 Å². The van der Waals surface area contributed by atoms with Crippen LogP contribution in [0.3, 0.4) is 0 Å². The Hall–Kier alpha value is -2.36. The molecule has 1 rings (SSSR count). The Morgan fingerprint density at radius 3 is 2.84 bits per heavy atom. The third kappa shape index (κ3) is 4.10. The number of ether oxygens (including phenoxy) is 1. The van der Waals surface area contributed by atoms with Crippen LogP contribution in [0.4, 0.5) is 0 Å². The molecule has 106 valence electrons. The third-order valence-corrected chi connectivity index (χ3v) is 2.00. The lowest BCUT2D eigenvalue weighted by molar-refractivity contribution is -0.125. The third-order valence-electron chi connectivity index (χ3n) is 2.00. The number of carbonyl (C=O) groups excluding carboxylic acids is 1. The summed E-state index contributed by atoms with van der Waals surface area (Å²) in [6.07, 6.45) is 0. The zero-order valence-corrected chi connectivity index (χ0v) is 10.5. The van der Waals surface area contributed by atoms with Gasteiger partial charge in [0.15, 0.2) is 5.84 Å². The Morgan fingerprint density at radius 1 is 1.58 bits per heavy atom. The quantitative estimate of drug-likeness (QED) is 0.209. The number of hydrogen-bond acceptors (Lipinski definition) is 8. The van der Waals surface area contributed by atoms with Crippen LogP contribution in [0.5, 0.6) is 5.88 Å². The van der Waals surface area contributed by atoms with Crippen LogP contribution < -0.4 is 15.8 Å². The monoisotopic (exact) mass is 273 g/mol. The molecule has 0 aliphatic heterocycles. The van der Waals surface area contributed by atoms with Gasteiger partial charge < -0.3 is 26.1 Å². The molecule has 1 amide bonds. The van der Waals surface area contributed by atoms with Gasteiger partial charge in [-0.15, -0.1) is 0 Å². The van der Waals surface area contributed by atoms with E-state index in [1.807, 2.05) is 0 Å². The van der Waals surface area contributed by atoms with E-state index in [1.54, 1.807) is 13.8 Å². The molecule has 0 spiro atoms. The minimum Gasteiger partial charge on any atom is -0.471 e. The molecule has 0 saturated heterocycles. The molecule has 0 aromatic carbocycles. The molecule has 10 nitrogen and oxygen atoms in total. The highest BCUT2D eigenvalue weighted by atomic mass is 16.6. The van der Waals surface area contributed by atoms with Crippen molar-refractivity contribution < 1.29 is 24.5 Å². The van der Waals surface area contributed by atoms with Crippen LogP contribution in [0, 0.1) is 0 Å². The molecule has 5 N–H and O–H groups in total. The van der Waals surface area contributed by atoms with Gasteiger partial charge in [-0.25, -0.2) is 4.63 Å². The van der Waals surface area contributed by atoms with Crippen molar-refractivity contribution in [3.63, 3.8) is 0 Å². The van der Waals surface area contributed by atoms with E-state index in [2.05, 4.69) is 25.4 Å². The van der Waals surface area contributed by atoms with Gasteiger partial charge in [-0.3, -0.25) is 4.79 Å². The highest BCUT2D eigenvalue weighted by Gasteiger charge is 2.24. The number of rotatable bonds is 6. The van der Waals surface area contributed by atoms with Gasteiger partial charge in [0, 0.05) is 0 Å². The van der Waals surface area contributed by atoms with Crippen LogP contribution in [-0.4, -0.2) is 51.1 Å². The van der Waals surface area contributed by atoms with Gasteiger partial charge in [-0.1, -0.05) is 5.16 Å². The summed E-state index contributed by atoms with van der Waals surface area (Å²) in [5.74, 6) is -0.918. The van der Waals surface area contributed by atoms with Crippen LogP contribution in [0.2, 0.25) is 0 Å². The summed E-state index contributed by atoms with van der Waals surface area (Å²) in [5.41, 5.74) is 4.52. The fourth-order valence-electron chi connectivity index (χ4n) is 1.18. The van der Waals surface area contributed by atoms with Crippen LogP contribution in [0.1, 0.15) is 19.5 Å². The smallest absolute Gasteiger partial charge is 0.287 e. The number of nitrogens with two attached hydrogens (primary N) is 1. The maximum absolute atomic E-state index is 11.1. The van der Waals surface area contributed by atoms with E-state index in [0.717, 1.165) is 0 Å². The molecule has 1 heterocycles. The molecule has 10 heteroatoms. The number of aliphatic hydroxyl groups is 1. The molecule has 0 saturated carbocycles. The zero-order chi connectivity index (χ0) is 14.5. The number of amidine groups is 1. The second kappa shape index (κ2) is 6.00. The normalized spacial score (nSPS) is 12.3. The molecule has 0 aliphatic carbocycles. The van der Waals surface area contributed by atoms with Gasteiger partial charge in [0.05, 0.1) is 5.54 Å². The first-order chi connectivity index (χ1) is 8.89. The fraction of sp³-hybridized carbons (Fsp3) is 0.556. The summed E-state index contributed by atoms with van der Waals surface area (Å²) < 4.78 is 9.69. The SMILES string of the molecule is CC(C)(COc1nonc1/C(N)=N/O)NC(=O)CO. The minimum absolute atomic E-state index is 0.0126. The number of nitrogens with zero attached hydrogens (tertiary/aromatic N) is 3. The largest absolute Gasteiger partial charge is 0.471 e. The van der Waals surface area contributed by atoms with Crippen LogP contribution in [-0.2, 0) is 4.79 Å². The van der Waals surface area contributed by atoms with Crippen molar-refractivity contribution in [2.45, 2.75) is 19.4 Å². The standard InChI is InChI=1S/C9H15N5O5/c1-9(2,11-5(16)3-15)4-18-8-6(7(10)12-17)13-19-14-8/h15,17H,3-4H2,1-2H3,(H2,10,12)(H,11,16). The summed E-state index contributed by atoms with van der Waals surface area (Å²) >= 11 is 0. The van der Waals surface area contributed by atoms with E-state index < -0.39 is 18.1 Å². The Kier molecular flexibility index (Phi) is 4.64. The number of nitrogens with one attached hydrogen (secondary N) is 1. The van der Waals surface area contributed by atoms with Crippen LogP contribution in [0.25, 0.3) is 0 Å². The lowest BCUT2D eigenvalue weighted by Gasteiger charge is -2.25. The van der Waals surface area contributed by atoms with Crippen LogP contribution >= 0.6 is 0 Å². The number of oxime groups is 1. The molecule has 1 aromatic heterocycles. The summed E-state index contributed by atoms with van der Waals surface area (Å²) in [4.78, 5) is 11.1. The van der Waals surface area contributed by atoms with Crippen molar-refractivity contribution in [3.8, 4) is 5.88 Å². The first-order valence-electron chi connectivity index (χ1n) is 5.24. The van der Waals surface area contributed by atoms with E-state index in [0.29, 0.717) is 0 Å². The summed E-state index contributed by atoms with van der Waals surface area (Å²) in [7, 11) is 0. The highest BCUT2D eigenvalue weighted by molar-refractivity contribution is 5.96. The molecule has 19 heavy (non-hydrogen) atoms. The lowest BCUT2D eigenvalue weighted by atomic mass is 10.1. The molecule has 0 bridgehead atoms. The average Bonchev–Trinajstić information content (AvgIpc) is 2.83. The topological polar surface area (TPSA) is 156 Å². The van der Waals surface area contributed by atoms with Crippen molar-refractivity contribution in [1.29, 1.82) is 0 Å². The Bertz CT molecular complexity index is 469. The summed E-state index contributed by atoms with van der Waals surface area (Å²) in [6, 6.07) is 0. The number of amides is 1. The molecule has 0 atom stereocenters. The van der Waals surface area contributed by atoms with Crippen LogP contribution in [0.15, 0.2) is 9.78 Å². The lowest BCUT2D eigenvalue weighted by Crippen LogP contribution is -2.48. The van der Waals surface area contributed by atoms with Gasteiger partial charge in [-0.2, -0.15) is 0 Å². The number of aromatic nitrogens is 2. The average molecular weight is 273 g/mol. The van der Waals surface area contributed by atoms with Crippen molar-refractivity contribution >= 4 is 11.7 Å². The zero-order valence-electron chi connectivity index (χ0n) is 10.5. The number of carbonyl (C=O) groups is 1. The number of hydrogen-bond donors (Lipinski definition) is 4. The van der Waals surface area contributed by atoms with Gasteiger partial charge >= 0.3 is 0 Å². The molecule has 0 unspecified atom stereocenters. The van der Waals surface area contributed by atoms with Gasteiger partial charge in [0.2, 0.25) is 11.6 Å². The molecule has 0 fully saturated rings. The Labute approximate surface area is 108 Å². The van der Waals surface area contributed by atoms with E-state index in [1.165, 1.54) is 0 Å². The van der Waals surface area contributed by atoms with Crippen molar-refractivity contribution in [3.05, 3.63) is 5.69 Å². The van der Waals surface area contributed by atoms with Crippen molar-refractivity contribution in [1.82, 2.24) is 15.6 Å². The van der Waals surface area contributed by atoms with Gasteiger partial charge in [0.25, 0.3) is 5.88 Å². The second-order valence-electron chi connectivity index (χ2n) is 4.28. The number of aliphatic hydroxyl groups excluding tert-OH is 1. The van der Waals surface area contributed by atoms with E-state index in [9.17, 15) is 4.79 Å². The molecule has 0 aliphatic rings. The first-order valence-corrected chi connectivity index (χ1v) is 5.24. The van der Waals surface area contributed by atoms with Gasteiger partial charge in [0.1, 0.15) is 13.2 Å². The maximum atomic E-state index is 11.1. The van der Waals surface area contributed by atoms with Crippen molar-refractivity contribution in [2.75, 3.05) is 13.2 Å². The molecule has 0 radical (unpaired) electrons. The predicted molar refractivity (Wildman–Crippen MR) is 61.6 cm³/mol. The highest BCUT2D eigenvalue weighted by Crippen LogP contribution is 2.14. The Balaban J connectivity index is 2.67. The Morgan fingerprint density at radius 2 is 2.26 bits per heavy atom. The molecule has 1 aromatic rings. The maximum Gasteiger partial charge on any atom is 0.287 e. The molecular weight excluding hydrogens is 258 g/mol. The summed E-state index contributed by atoms with van der Waals surface area (Å²) in [5, 5.41) is 29.3. The summed E-state index contributed by atoms with van der Waals surface area (Å²) in [6.45, 7) is 2.75. The van der Waals surface area contributed by atoms with E-state index >= 15 is 0 Å².